The fourth-order valence-electron chi connectivity index (χ4n) is 1.14. The van der Waals surface area contributed by atoms with Gasteiger partial charge in [-0.05, 0) is 6.92 Å². The number of nitrogens with zero attached hydrogens (tertiary/aromatic N) is 4. The number of aromatic nitrogens is 4. The molecule has 0 radical (unpaired) electrons. The molecule has 0 fully saturated rings. The maximum atomic E-state index is 11.6. The van der Waals surface area contributed by atoms with Crippen LogP contribution in [0.25, 0.3) is 11.2 Å². The first-order chi connectivity index (χ1) is 7.58. The minimum atomic E-state index is -0.271. The van der Waals surface area contributed by atoms with Gasteiger partial charge in [0.05, 0.1) is 6.33 Å². The molecule has 7 nitrogen and oxygen atoms in total. The molecule has 0 atom stereocenters. The zero-order valence-corrected chi connectivity index (χ0v) is 9.27. The second-order valence-corrected chi connectivity index (χ2v) is 3.54. The van der Waals surface area contributed by atoms with E-state index in [9.17, 15) is 4.79 Å². The highest BCUT2D eigenvalue weighted by molar-refractivity contribution is 5.81. The van der Waals surface area contributed by atoms with E-state index >= 15 is 0 Å². The van der Waals surface area contributed by atoms with Crippen LogP contribution in [0.1, 0.15) is 6.92 Å². The Labute approximate surface area is 91.3 Å². The van der Waals surface area contributed by atoms with E-state index in [1.807, 2.05) is 25.9 Å². The van der Waals surface area contributed by atoms with Crippen LogP contribution in [0.3, 0.4) is 0 Å². The summed E-state index contributed by atoms with van der Waals surface area (Å²) in [4.78, 5) is 30.9. The molecule has 16 heavy (non-hydrogen) atoms. The molecule has 2 aromatic rings. The molecule has 2 aromatic heterocycles. The number of hydrogen-bond acceptors (Lipinski definition) is 4. The van der Waals surface area contributed by atoms with Crippen molar-refractivity contribution in [3.8, 4) is 0 Å². The second kappa shape index (κ2) is 3.76. The zero-order valence-electron chi connectivity index (χ0n) is 9.27. The summed E-state index contributed by atoms with van der Waals surface area (Å²) in [7, 11) is 3.73. The predicted octanol–water partition coefficient (Wildman–Crippen LogP) is 0.258. The van der Waals surface area contributed by atoms with Crippen molar-refractivity contribution in [1.82, 2.24) is 24.8 Å². The summed E-state index contributed by atoms with van der Waals surface area (Å²) in [5.41, 5.74) is 0.461. The number of amidine groups is 1. The lowest BCUT2D eigenvalue weighted by Gasteiger charge is -2.09. The Balaban J connectivity index is 2.54. The van der Waals surface area contributed by atoms with Crippen molar-refractivity contribution in [1.29, 1.82) is 0 Å². The van der Waals surface area contributed by atoms with Crippen molar-refractivity contribution < 1.29 is 0 Å². The molecule has 0 bridgehead atoms. The summed E-state index contributed by atoms with van der Waals surface area (Å²) in [6, 6.07) is 0. The maximum Gasteiger partial charge on any atom is 0.278 e. The highest BCUT2D eigenvalue weighted by atomic mass is 16.1. The average molecular weight is 220 g/mol. The van der Waals surface area contributed by atoms with E-state index in [4.69, 9.17) is 0 Å². The van der Waals surface area contributed by atoms with Gasteiger partial charge in [0.25, 0.3) is 5.56 Å². The molecule has 0 saturated heterocycles. The fraction of sp³-hybridized carbons (Fsp3) is 0.333. The first-order valence-corrected chi connectivity index (χ1v) is 4.74. The molecule has 0 unspecified atom stereocenters. The van der Waals surface area contributed by atoms with Crippen molar-refractivity contribution in [2.24, 2.45) is 4.99 Å². The molecular formula is C9H12N6O. The van der Waals surface area contributed by atoms with Gasteiger partial charge in [-0.3, -0.25) is 9.78 Å². The van der Waals surface area contributed by atoms with Gasteiger partial charge in [-0.1, -0.05) is 0 Å². The SMILES string of the molecule is C/C(=N\c1nc2nc[nH]c2c(=O)[nH]1)N(C)C. The molecule has 0 aromatic carbocycles. The summed E-state index contributed by atoms with van der Waals surface area (Å²) in [6.45, 7) is 1.83. The van der Waals surface area contributed by atoms with Crippen LogP contribution < -0.4 is 5.56 Å². The van der Waals surface area contributed by atoms with E-state index in [-0.39, 0.29) is 11.5 Å². The Kier molecular flexibility index (Phi) is 2.43. The number of aromatic amines is 2. The number of nitrogens with one attached hydrogen (secondary N) is 2. The van der Waals surface area contributed by atoms with Crippen molar-refractivity contribution in [3.63, 3.8) is 0 Å². The lowest BCUT2D eigenvalue weighted by molar-refractivity contribution is 0.618. The Morgan fingerprint density at radius 2 is 2.25 bits per heavy atom. The van der Waals surface area contributed by atoms with E-state index in [1.165, 1.54) is 6.33 Å². The van der Waals surface area contributed by atoms with Gasteiger partial charge in [0, 0.05) is 14.1 Å². The molecule has 84 valence electrons. The number of hydrogen-bond donors (Lipinski definition) is 2. The maximum absolute atomic E-state index is 11.6. The molecule has 2 N–H and O–H groups in total. The van der Waals surface area contributed by atoms with Gasteiger partial charge in [0.2, 0.25) is 5.95 Å². The Morgan fingerprint density at radius 1 is 1.50 bits per heavy atom. The third kappa shape index (κ3) is 1.79. The summed E-state index contributed by atoms with van der Waals surface area (Å²) in [5, 5.41) is 0. The first kappa shape index (κ1) is 10.3. The van der Waals surface area contributed by atoms with Gasteiger partial charge in [-0.2, -0.15) is 4.98 Å². The third-order valence-electron chi connectivity index (χ3n) is 2.20. The summed E-state index contributed by atoms with van der Waals surface area (Å²) in [5.74, 6) is 1.01. The quantitative estimate of drug-likeness (QED) is 0.532. The van der Waals surface area contributed by atoms with Gasteiger partial charge in [0.15, 0.2) is 11.2 Å². The van der Waals surface area contributed by atoms with E-state index in [0.717, 1.165) is 5.84 Å². The molecule has 0 aliphatic carbocycles. The number of H-pyrrole nitrogens is 2. The summed E-state index contributed by atoms with van der Waals surface area (Å²) < 4.78 is 0. The van der Waals surface area contributed by atoms with Crippen LogP contribution in [0.15, 0.2) is 16.1 Å². The second-order valence-electron chi connectivity index (χ2n) is 3.54. The normalized spacial score (nSPS) is 12.1. The number of imidazole rings is 1. The molecule has 2 heterocycles. The molecule has 0 amide bonds. The van der Waals surface area contributed by atoms with Crippen LogP contribution in [-0.2, 0) is 0 Å². The zero-order chi connectivity index (χ0) is 11.7. The van der Waals surface area contributed by atoms with Crippen LogP contribution in [0.4, 0.5) is 5.95 Å². The van der Waals surface area contributed by atoms with Crippen molar-refractivity contribution in [2.75, 3.05) is 14.1 Å². The van der Waals surface area contributed by atoms with E-state index in [0.29, 0.717) is 11.2 Å². The fourth-order valence-corrected chi connectivity index (χ4v) is 1.14. The average Bonchev–Trinajstić information content (AvgIpc) is 2.65. The lowest BCUT2D eigenvalue weighted by atomic mass is 10.5. The predicted molar refractivity (Wildman–Crippen MR) is 61.0 cm³/mol. The number of fused-ring (bicyclic) bond motifs is 1. The molecule has 0 spiro atoms. The van der Waals surface area contributed by atoms with Gasteiger partial charge in [0.1, 0.15) is 5.84 Å². The third-order valence-corrected chi connectivity index (χ3v) is 2.20. The largest absolute Gasteiger partial charge is 0.366 e. The minimum absolute atomic E-state index is 0.260. The molecule has 0 aliphatic rings. The van der Waals surface area contributed by atoms with Crippen LogP contribution in [0, 0.1) is 0 Å². The Morgan fingerprint density at radius 3 is 2.94 bits per heavy atom. The van der Waals surface area contributed by atoms with Crippen molar-refractivity contribution >= 4 is 22.9 Å². The van der Waals surface area contributed by atoms with Crippen molar-refractivity contribution in [3.05, 3.63) is 16.7 Å². The van der Waals surface area contributed by atoms with Crippen LogP contribution in [0.5, 0.6) is 0 Å². The molecule has 0 saturated carbocycles. The first-order valence-electron chi connectivity index (χ1n) is 4.74. The monoisotopic (exact) mass is 220 g/mol. The Bertz CT molecular complexity index is 593. The summed E-state index contributed by atoms with van der Waals surface area (Å²) in [6.07, 6.45) is 1.43. The molecule has 0 aliphatic heterocycles. The topological polar surface area (TPSA) is 90.0 Å². The number of aliphatic imine (C=N–C) groups is 1. The van der Waals surface area contributed by atoms with Gasteiger partial charge in [-0.25, -0.2) is 9.98 Å². The molecular weight excluding hydrogens is 208 g/mol. The van der Waals surface area contributed by atoms with Crippen molar-refractivity contribution in [2.45, 2.75) is 6.92 Å². The van der Waals surface area contributed by atoms with Crippen LogP contribution in [0.2, 0.25) is 0 Å². The highest BCUT2D eigenvalue weighted by Crippen LogP contribution is 2.06. The van der Waals surface area contributed by atoms with Gasteiger partial charge >= 0.3 is 0 Å². The van der Waals surface area contributed by atoms with Gasteiger partial charge < -0.3 is 9.88 Å². The lowest BCUT2D eigenvalue weighted by Crippen LogP contribution is -2.18. The minimum Gasteiger partial charge on any atom is -0.366 e. The van der Waals surface area contributed by atoms with Gasteiger partial charge in [-0.15, -0.1) is 0 Å². The molecule has 2 rings (SSSR count). The van der Waals surface area contributed by atoms with E-state index in [1.54, 1.807) is 0 Å². The van der Waals surface area contributed by atoms with Crippen LogP contribution >= 0.6 is 0 Å². The molecule has 7 heteroatoms. The standard InChI is InChI=1S/C9H12N6O/c1-5(15(2)3)12-9-13-7-6(8(16)14-9)10-4-11-7/h4H,1-3H3,(H2,10,11,13,14,16)/b12-5+. The van der Waals surface area contributed by atoms with Crippen LogP contribution in [-0.4, -0.2) is 44.8 Å². The number of rotatable bonds is 1. The van der Waals surface area contributed by atoms with E-state index in [2.05, 4.69) is 24.9 Å². The smallest absolute Gasteiger partial charge is 0.278 e. The summed E-state index contributed by atoms with van der Waals surface area (Å²) >= 11 is 0. The Hall–Kier alpha value is -2.18. The van der Waals surface area contributed by atoms with E-state index < -0.39 is 0 Å². The highest BCUT2D eigenvalue weighted by Gasteiger charge is 2.05.